The summed E-state index contributed by atoms with van der Waals surface area (Å²) in [5, 5.41) is 6.81. The molecule has 0 aliphatic rings. The van der Waals surface area contributed by atoms with Crippen LogP contribution in [0, 0.1) is 6.92 Å². The molecule has 1 aromatic heterocycles. The van der Waals surface area contributed by atoms with Gasteiger partial charge in [-0.2, -0.15) is 0 Å². The molecule has 1 amide bonds. The Morgan fingerprint density at radius 3 is 2.58 bits per heavy atom. The topological polar surface area (TPSA) is 55.1 Å². The van der Waals surface area contributed by atoms with Crippen molar-refractivity contribution < 1.29 is 9.32 Å². The number of benzene rings is 2. The quantitative estimate of drug-likeness (QED) is 0.771. The third kappa shape index (κ3) is 4.20. The molecule has 0 aliphatic carbocycles. The van der Waals surface area contributed by atoms with Gasteiger partial charge in [0.2, 0.25) is 0 Å². The molecule has 0 spiro atoms. The van der Waals surface area contributed by atoms with Crippen LogP contribution in [0.5, 0.6) is 0 Å². The molecule has 0 saturated carbocycles. The van der Waals surface area contributed by atoms with Crippen LogP contribution in [0.1, 0.15) is 32.9 Å². The van der Waals surface area contributed by atoms with E-state index in [9.17, 15) is 4.79 Å². The largest absolute Gasteiger partial charge is 0.359 e. The molecule has 0 aliphatic heterocycles. The Morgan fingerprint density at radius 1 is 1.08 bits per heavy atom. The van der Waals surface area contributed by atoms with Crippen molar-refractivity contribution in [1.82, 2.24) is 10.5 Å². The Bertz CT molecular complexity index is 834. The fourth-order valence-corrected chi connectivity index (χ4v) is 2.21. The van der Waals surface area contributed by atoms with Crippen LogP contribution >= 0.6 is 0 Å². The van der Waals surface area contributed by atoms with Crippen molar-refractivity contribution in [3.8, 4) is 0 Å². The maximum atomic E-state index is 12.1. The number of hydrogen-bond donors (Lipinski definition) is 1. The molecule has 0 radical (unpaired) electrons. The van der Waals surface area contributed by atoms with Crippen LogP contribution < -0.4 is 5.32 Å². The third-order valence-corrected chi connectivity index (χ3v) is 3.56. The molecule has 3 aromatic rings. The zero-order valence-electron chi connectivity index (χ0n) is 13.4. The smallest absolute Gasteiger partial charge is 0.251 e. The van der Waals surface area contributed by atoms with Crippen molar-refractivity contribution in [2.45, 2.75) is 13.5 Å². The van der Waals surface area contributed by atoms with Gasteiger partial charge in [0.1, 0.15) is 5.69 Å². The summed E-state index contributed by atoms with van der Waals surface area (Å²) in [4.78, 5) is 12.1. The SMILES string of the molecule is Cc1ccc(C(=O)NCc2cc(C=Cc3ccccc3)no2)cc1. The molecule has 0 unspecified atom stereocenters. The number of carbonyl (C=O) groups excluding carboxylic acids is 1. The molecule has 0 atom stereocenters. The van der Waals surface area contributed by atoms with E-state index in [0.717, 1.165) is 16.8 Å². The second-order valence-electron chi connectivity index (χ2n) is 5.51. The number of aryl methyl sites for hydroxylation is 1. The lowest BCUT2D eigenvalue weighted by molar-refractivity contribution is 0.0947. The lowest BCUT2D eigenvalue weighted by atomic mass is 10.1. The van der Waals surface area contributed by atoms with Crippen LogP contribution in [-0.4, -0.2) is 11.1 Å². The van der Waals surface area contributed by atoms with E-state index in [0.29, 0.717) is 17.9 Å². The lowest BCUT2D eigenvalue weighted by Crippen LogP contribution is -2.22. The minimum absolute atomic E-state index is 0.132. The standard InChI is InChI=1S/C20H18N2O2/c1-15-7-10-17(11-8-15)20(23)21-14-19-13-18(22-24-19)12-9-16-5-3-2-4-6-16/h2-13H,14H2,1H3,(H,21,23). The summed E-state index contributed by atoms with van der Waals surface area (Å²) in [6.45, 7) is 2.29. The van der Waals surface area contributed by atoms with Gasteiger partial charge in [0, 0.05) is 11.6 Å². The highest BCUT2D eigenvalue weighted by atomic mass is 16.5. The van der Waals surface area contributed by atoms with Gasteiger partial charge in [0.05, 0.1) is 6.54 Å². The van der Waals surface area contributed by atoms with Crippen molar-refractivity contribution in [1.29, 1.82) is 0 Å². The third-order valence-electron chi connectivity index (χ3n) is 3.56. The Kier molecular flexibility index (Phi) is 4.87. The van der Waals surface area contributed by atoms with E-state index in [4.69, 9.17) is 4.52 Å². The van der Waals surface area contributed by atoms with Gasteiger partial charge in [-0.15, -0.1) is 0 Å². The number of aromatic nitrogens is 1. The molecule has 2 aromatic carbocycles. The van der Waals surface area contributed by atoms with E-state index in [1.807, 2.05) is 67.6 Å². The molecular weight excluding hydrogens is 300 g/mol. The normalized spacial score (nSPS) is 10.9. The van der Waals surface area contributed by atoms with Gasteiger partial charge in [-0.3, -0.25) is 4.79 Å². The van der Waals surface area contributed by atoms with Crippen molar-refractivity contribution in [2.75, 3.05) is 0 Å². The van der Waals surface area contributed by atoms with E-state index in [1.165, 1.54) is 0 Å². The number of rotatable bonds is 5. The lowest BCUT2D eigenvalue weighted by Gasteiger charge is -2.02. The van der Waals surface area contributed by atoms with E-state index in [-0.39, 0.29) is 5.91 Å². The number of hydrogen-bond acceptors (Lipinski definition) is 3. The fraction of sp³-hybridized carbons (Fsp3) is 0.100. The predicted molar refractivity (Wildman–Crippen MR) is 94.2 cm³/mol. The average Bonchev–Trinajstić information content (AvgIpc) is 3.07. The van der Waals surface area contributed by atoms with Crippen molar-refractivity contribution >= 4 is 18.1 Å². The van der Waals surface area contributed by atoms with Gasteiger partial charge in [-0.05, 0) is 30.7 Å². The van der Waals surface area contributed by atoms with Crippen LogP contribution in [0.25, 0.3) is 12.2 Å². The van der Waals surface area contributed by atoms with Crippen LogP contribution in [-0.2, 0) is 6.54 Å². The maximum absolute atomic E-state index is 12.1. The zero-order chi connectivity index (χ0) is 16.8. The number of nitrogens with zero attached hydrogens (tertiary/aromatic N) is 1. The summed E-state index contributed by atoms with van der Waals surface area (Å²) < 4.78 is 5.24. The first-order valence-corrected chi connectivity index (χ1v) is 7.74. The van der Waals surface area contributed by atoms with E-state index in [2.05, 4.69) is 10.5 Å². The Balaban J connectivity index is 1.57. The fourth-order valence-electron chi connectivity index (χ4n) is 2.21. The van der Waals surface area contributed by atoms with Gasteiger partial charge < -0.3 is 9.84 Å². The van der Waals surface area contributed by atoms with Gasteiger partial charge in [0.25, 0.3) is 5.91 Å². The van der Waals surface area contributed by atoms with E-state index < -0.39 is 0 Å². The highest BCUT2D eigenvalue weighted by Gasteiger charge is 2.07. The Labute approximate surface area is 140 Å². The molecule has 24 heavy (non-hydrogen) atoms. The van der Waals surface area contributed by atoms with E-state index >= 15 is 0 Å². The molecule has 0 fully saturated rings. The second-order valence-corrected chi connectivity index (χ2v) is 5.51. The van der Waals surface area contributed by atoms with Gasteiger partial charge in [-0.1, -0.05) is 59.3 Å². The van der Waals surface area contributed by atoms with Gasteiger partial charge in [-0.25, -0.2) is 0 Å². The summed E-state index contributed by atoms with van der Waals surface area (Å²) in [5.41, 5.74) is 3.56. The van der Waals surface area contributed by atoms with E-state index in [1.54, 1.807) is 12.1 Å². The Hall–Kier alpha value is -3.14. The van der Waals surface area contributed by atoms with Crippen LogP contribution in [0.15, 0.2) is 65.2 Å². The first-order chi connectivity index (χ1) is 11.7. The van der Waals surface area contributed by atoms with Gasteiger partial charge in [0.15, 0.2) is 5.76 Å². The summed E-state index contributed by atoms with van der Waals surface area (Å²) >= 11 is 0. The number of carbonyl (C=O) groups is 1. The summed E-state index contributed by atoms with van der Waals surface area (Å²) in [7, 11) is 0. The predicted octanol–water partition coefficient (Wildman–Crippen LogP) is 4.08. The molecule has 4 nitrogen and oxygen atoms in total. The average molecular weight is 318 g/mol. The van der Waals surface area contributed by atoms with Crippen molar-refractivity contribution in [2.24, 2.45) is 0 Å². The monoisotopic (exact) mass is 318 g/mol. The number of nitrogens with one attached hydrogen (secondary N) is 1. The van der Waals surface area contributed by atoms with Crippen LogP contribution in [0.2, 0.25) is 0 Å². The van der Waals surface area contributed by atoms with Crippen LogP contribution in [0.4, 0.5) is 0 Å². The summed E-state index contributed by atoms with van der Waals surface area (Å²) in [6, 6.07) is 19.2. The molecule has 4 heteroatoms. The minimum atomic E-state index is -0.132. The molecule has 1 heterocycles. The summed E-state index contributed by atoms with van der Waals surface area (Å²) in [6.07, 6.45) is 3.84. The molecule has 3 rings (SSSR count). The maximum Gasteiger partial charge on any atom is 0.251 e. The van der Waals surface area contributed by atoms with Crippen molar-refractivity contribution in [3.63, 3.8) is 0 Å². The highest BCUT2D eigenvalue weighted by molar-refractivity contribution is 5.94. The molecule has 120 valence electrons. The Morgan fingerprint density at radius 2 is 1.83 bits per heavy atom. The first kappa shape index (κ1) is 15.7. The number of amides is 1. The second kappa shape index (κ2) is 7.42. The summed E-state index contributed by atoms with van der Waals surface area (Å²) in [5.74, 6) is 0.482. The van der Waals surface area contributed by atoms with Crippen LogP contribution in [0.3, 0.4) is 0 Å². The zero-order valence-corrected chi connectivity index (χ0v) is 13.4. The highest BCUT2D eigenvalue weighted by Crippen LogP contribution is 2.09. The molecular formula is C20H18N2O2. The molecule has 1 N–H and O–H groups in total. The molecule has 0 saturated heterocycles. The first-order valence-electron chi connectivity index (χ1n) is 7.74. The molecule has 0 bridgehead atoms. The van der Waals surface area contributed by atoms with Crippen molar-refractivity contribution in [3.05, 3.63) is 88.8 Å². The minimum Gasteiger partial charge on any atom is -0.359 e. The van der Waals surface area contributed by atoms with Gasteiger partial charge >= 0.3 is 0 Å².